The summed E-state index contributed by atoms with van der Waals surface area (Å²) in [5.74, 6) is -1.92. The third kappa shape index (κ3) is 5.94. The minimum atomic E-state index is -1.72. The molecule has 2 fully saturated rings. The van der Waals surface area contributed by atoms with Crippen molar-refractivity contribution in [2.75, 3.05) is 13.2 Å². The fourth-order valence-electron chi connectivity index (χ4n) is 5.09. The van der Waals surface area contributed by atoms with Crippen molar-refractivity contribution in [2.24, 2.45) is 0 Å². The normalized spacial score (nSPS) is 36.0. The summed E-state index contributed by atoms with van der Waals surface area (Å²) in [6.45, 7) is -1.35. The van der Waals surface area contributed by atoms with Gasteiger partial charge < -0.3 is 74.7 Å². The average molecular weight is 613 g/mol. The molecule has 16 heteroatoms. The molecular formula is C27H32O16. The number of aromatic hydroxyl groups is 2. The highest BCUT2D eigenvalue weighted by atomic mass is 16.7. The second-order valence-corrected chi connectivity index (χ2v) is 10.4. The molecule has 0 bridgehead atoms. The summed E-state index contributed by atoms with van der Waals surface area (Å²) in [6.07, 6.45) is -16.8. The zero-order chi connectivity index (χ0) is 31.2. The Labute approximate surface area is 243 Å². The molecule has 0 saturated carbocycles. The highest BCUT2D eigenvalue weighted by molar-refractivity contribution is 6.02. The van der Waals surface area contributed by atoms with Crippen LogP contribution >= 0.6 is 0 Å². The van der Waals surface area contributed by atoms with Crippen LogP contribution in [0.4, 0.5) is 0 Å². The van der Waals surface area contributed by atoms with E-state index in [1.807, 2.05) is 0 Å². The lowest BCUT2D eigenvalue weighted by molar-refractivity contribution is -0.277. The molecule has 0 amide bonds. The number of aliphatic hydroxyl groups excluding tert-OH is 8. The maximum absolute atomic E-state index is 12.9. The number of ether oxygens (including phenoxy) is 5. The van der Waals surface area contributed by atoms with Crippen molar-refractivity contribution in [3.05, 3.63) is 41.5 Å². The van der Waals surface area contributed by atoms with Crippen molar-refractivity contribution in [1.82, 2.24) is 0 Å². The van der Waals surface area contributed by atoms with Gasteiger partial charge in [-0.15, -0.1) is 0 Å². The first kappa shape index (κ1) is 31.1. The summed E-state index contributed by atoms with van der Waals surface area (Å²) < 4.78 is 27.5. The van der Waals surface area contributed by atoms with Crippen molar-refractivity contribution in [3.8, 4) is 28.7 Å². The second kappa shape index (κ2) is 12.4. The number of benzene rings is 2. The van der Waals surface area contributed by atoms with E-state index < -0.39 is 98.0 Å². The summed E-state index contributed by atoms with van der Waals surface area (Å²) in [4.78, 5) is 12.9. The molecule has 10 N–H and O–H groups in total. The lowest BCUT2D eigenvalue weighted by atomic mass is 9.95. The van der Waals surface area contributed by atoms with Crippen LogP contribution in [0.25, 0.3) is 0 Å². The van der Waals surface area contributed by atoms with Crippen LogP contribution in [0.15, 0.2) is 30.3 Å². The Morgan fingerprint density at radius 1 is 0.721 bits per heavy atom. The van der Waals surface area contributed by atoms with Gasteiger partial charge in [0.05, 0.1) is 19.6 Å². The van der Waals surface area contributed by atoms with Gasteiger partial charge in [-0.05, 0) is 17.7 Å². The molecule has 3 heterocycles. The molecule has 2 aromatic carbocycles. The molecule has 0 radical (unpaired) electrons. The molecule has 0 unspecified atom stereocenters. The summed E-state index contributed by atoms with van der Waals surface area (Å²) in [6, 6.07) is 6.24. The highest BCUT2D eigenvalue weighted by Gasteiger charge is 2.46. The zero-order valence-corrected chi connectivity index (χ0v) is 22.3. The predicted octanol–water partition coefficient (Wildman–Crippen LogP) is -2.84. The first-order chi connectivity index (χ1) is 20.4. The molecule has 5 rings (SSSR count). The van der Waals surface area contributed by atoms with Gasteiger partial charge in [0.25, 0.3) is 0 Å². The molecule has 2 aromatic rings. The molecule has 3 aliphatic rings. The Hall–Kier alpha value is -3.29. The van der Waals surface area contributed by atoms with Gasteiger partial charge in [0.15, 0.2) is 17.3 Å². The number of phenols is 2. The smallest absolute Gasteiger partial charge is 0.229 e. The highest BCUT2D eigenvalue weighted by Crippen LogP contribution is 2.44. The number of carbonyl (C=O) groups excluding carboxylic acids is 1. The van der Waals surface area contributed by atoms with Crippen LogP contribution in [-0.2, 0) is 9.47 Å². The van der Waals surface area contributed by atoms with Crippen LogP contribution in [0.1, 0.15) is 28.4 Å². The maximum Gasteiger partial charge on any atom is 0.229 e. The largest absolute Gasteiger partial charge is 0.507 e. The Kier molecular flexibility index (Phi) is 8.96. The van der Waals surface area contributed by atoms with Crippen LogP contribution in [0, 0.1) is 0 Å². The number of Topliss-reactive ketones (excluding diaryl/α,β-unsaturated/α-hetero) is 1. The maximum atomic E-state index is 12.9. The standard InChI is InChI=1S/C27H32O16/c28-7-17-20(33)22(35)24(37)26(42-17)39-10-4-12(31)19-13(32)6-15(40-16(19)5-10)9-1-2-14(11(30)3-9)41-27-25(38)23(36)21(34)18(8-29)43-27/h1-5,15,17-18,20-31,33-38H,6-8H2/t15-,17-,18-,20-,21-,22+,23+,24-,25-,26-,27-/m1/s1. The van der Waals surface area contributed by atoms with Gasteiger partial charge in [0, 0.05) is 12.1 Å². The molecule has 43 heavy (non-hydrogen) atoms. The van der Waals surface area contributed by atoms with Crippen molar-refractivity contribution in [2.45, 2.75) is 73.9 Å². The number of carbonyl (C=O) groups is 1. The van der Waals surface area contributed by atoms with Gasteiger partial charge >= 0.3 is 0 Å². The Bertz CT molecular complexity index is 1320. The monoisotopic (exact) mass is 612 g/mol. The molecule has 3 aliphatic heterocycles. The van der Waals surface area contributed by atoms with Gasteiger partial charge in [-0.1, -0.05) is 6.07 Å². The van der Waals surface area contributed by atoms with Gasteiger partial charge in [-0.2, -0.15) is 0 Å². The topological polar surface area (TPSA) is 266 Å². The lowest BCUT2D eigenvalue weighted by Crippen LogP contribution is -2.60. The fourth-order valence-corrected chi connectivity index (χ4v) is 5.09. The van der Waals surface area contributed by atoms with Crippen LogP contribution in [0.5, 0.6) is 28.7 Å². The second-order valence-electron chi connectivity index (χ2n) is 10.4. The number of rotatable bonds is 7. The summed E-state index contributed by atoms with van der Waals surface area (Å²) in [5, 5.41) is 100. The van der Waals surface area contributed by atoms with E-state index in [1.54, 1.807) is 0 Å². The number of hydrogen-bond acceptors (Lipinski definition) is 16. The third-order valence-electron chi connectivity index (χ3n) is 7.52. The molecule has 236 valence electrons. The van der Waals surface area contributed by atoms with Gasteiger partial charge in [0.2, 0.25) is 12.6 Å². The van der Waals surface area contributed by atoms with Crippen molar-refractivity contribution in [3.63, 3.8) is 0 Å². The van der Waals surface area contributed by atoms with E-state index in [2.05, 4.69) is 0 Å². The third-order valence-corrected chi connectivity index (χ3v) is 7.52. The number of hydrogen-bond donors (Lipinski definition) is 10. The van der Waals surface area contributed by atoms with Crippen LogP contribution < -0.4 is 14.2 Å². The zero-order valence-electron chi connectivity index (χ0n) is 22.3. The van der Waals surface area contributed by atoms with Crippen LogP contribution in [0.2, 0.25) is 0 Å². The molecular weight excluding hydrogens is 580 g/mol. The molecule has 16 nitrogen and oxygen atoms in total. The van der Waals surface area contributed by atoms with Gasteiger partial charge in [-0.3, -0.25) is 4.79 Å². The molecule has 11 atom stereocenters. The van der Waals surface area contributed by atoms with Crippen molar-refractivity contribution < 1.29 is 79.5 Å². The number of phenolic OH excluding ortho intramolecular Hbond substituents is 2. The van der Waals surface area contributed by atoms with E-state index in [9.17, 15) is 55.9 Å². The van der Waals surface area contributed by atoms with E-state index in [1.165, 1.54) is 24.3 Å². The molecule has 2 saturated heterocycles. The summed E-state index contributed by atoms with van der Waals surface area (Å²) in [5.41, 5.74) is 0.154. The van der Waals surface area contributed by atoms with E-state index in [0.717, 1.165) is 6.07 Å². The minimum absolute atomic E-state index is 0.109. The molecule has 0 aliphatic carbocycles. The average Bonchev–Trinajstić information content (AvgIpc) is 2.98. The van der Waals surface area contributed by atoms with E-state index in [-0.39, 0.29) is 29.2 Å². The van der Waals surface area contributed by atoms with E-state index in [4.69, 9.17) is 23.7 Å². The Morgan fingerprint density at radius 3 is 1.86 bits per heavy atom. The first-order valence-corrected chi connectivity index (χ1v) is 13.3. The van der Waals surface area contributed by atoms with Crippen LogP contribution in [-0.4, -0.2) is 131 Å². The molecule has 0 spiro atoms. The predicted molar refractivity (Wildman–Crippen MR) is 137 cm³/mol. The van der Waals surface area contributed by atoms with E-state index in [0.29, 0.717) is 5.56 Å². The quantitative estimate of drug-likeness (QED) is 0.151. The van der Waals surface area contributed by atoms with Gasteiger partial charge in [-0.25, -0.2) is 0 Å². The minimum Gasteiger partial charge on any atom is -0.507 e. The van der Waals surface area contributed by atoms with Gasteiger partial charge in [0.1, 0.15) is 77.7 Å². The lowest BCUT2D eigenvalue weighted by Gasteiger charge is -2.39. The number of ketones is 1. The molecule has 0 aromatic heterocycles. The Balaban J connectivity index is 1.33. The fraction of sp³-hybridized carbons (Fsp3) is 0.519. The Morgan fingerprint density at radius 2 is 1.30 bits per heavy atom. The van der Waals surface area contributed by atoms with E-state index >= 15 is 0 Å². The SMILES string of the molecule is O=C1C[C@H](c2ccc(O[C@@H]3O[C@H](CO)[C@@H](O)[C@H](O)[C@H]3O)c(O)c2)Oc2cc(O[C@@H]3O[C@H](CO)[C@@H](O)[C@H](O)[C@H]3O)cc(O)c21. The number of aliphatic hydroxyl groups is 8. The van der Waals surface area contributed by atoms with Crippen molar-refractivity contribution in [1.29, 1.82) is 0 Å². The first-order valence-electron chi connectivity index (χ1n) is 13.3. The van der Waals surface area contributed by atoms with Crippen molar-refractivity contribution >= 4 is 5.78 Å². The summed E-state index contributed by atoms with van der Waals surface area (Å²) >= 11 is 0. The summed E-state index contributed by atoms with van der Waals surface area (Å²) in [7, 11) is 0. The van der Waals surface area contributed by atoms with Crippen LogP contribution in [0.3, 0.4) is 0 Å². The number of fused-ring (bicyclic) bond motifs is 1.